The van der Waals surface area contributed by atoms with Crippen molar-refractivity contribution in [3.63, 3.8) is 0 Å². The highest BCUT2D eigenvalue weighted by Gasteiger charge is 2.08. The summed E-state index contributed by atoms with van der Waals surface area (Å²) in [5.74, 6) is -0.0706. The lowest BCUT2D eigenvalue weighted by Gasteiger charge is -2.17. The standard InChI is InChI=1S/C13H20N2O2/c1-10-5-4-6-12(7-10)14-13(17)9-15(3)8-11(2)16/h4-7,11,16H,8-9H2,1-3H3,(H,14,17). The van der Waals surface area contributed by atoms with Crippen LogP contribution in [0.15, 0.2) is 24.3 Å². The summed E-state index contributed by atoms with van der Waals surface area (Å²) in [6, 6.07) is 7.67. The minimum Gasteiger partial charge on any atom is -0.392 e. The van der Waals surface area contributed by atoms with Gasteiger partial charge in [0, 0.05) is 12.2 Å². The number of benzene rings is 1. The predicted molar refractivity (Wildman–Crippen MR) is 69.0 cm³/mol. The lowest BCUT2D eigenvalue weighted by Crippen LogP contribution is -2.34. The third kappa shape index (κ3) is 5.47. The number of aliphatic hydroxyl groups excluding tert-OH is 1. The van der Waals surface area contributed by atoms with E-state index in [1.54, 1.807) is 11.8 Å². The number of likely N-dealkylation sites (N-methyl/N-ethyl adjacent to an activating group) is 1. The molecular weight excluding hydrogens is 216 g/mol. The molecule has 4 heteroatoms. The number of amides is 1. The summed E-state index contributed by atoms with van der Waals surface area (Å²) < 4.78 is 0. The van der Waals surface area contributed by atoms with Gasteiger partial charge in [-0.1, -0.05) is 12.1 Å². The zero-order chi connectivity index (χ0) is 12.8. The first-order chi connectivity index (χ1) is 7.97. The molecule has 1 aromatic carbocycles. The Balaban J connectivity index is 2.44. The second-order valence-corrected chi connectivity index (χ2v) is 4.46. The van der Waals surface area contributed by atoms with Crippen LogP contribution >= 0.6 is 0 Å². The third-order valence-electron chi connectivity index (χ3n) is 2.29. The first-order valence-electron chi connectivity index (χ1n) is 5.70. The lowest BCUT2D eigenvalue weighted by molar-refractivity contribution is -0.117. The molecule has 0 radical (unpaired) electrons. The largest absolute Gasteiger partial charge is 0.392 e. The Bertz CT molecular complexity index is 377. The second kappa shape index (κ2) is 6.37. The molecule has 1 rings (SSSR count). The molecule has 17 heavy (non-hydrogen) atoms. The highest BCUT2D eigenvalue weighted by molar-refractivity contribution is 5.92. The van der Waals surface area contributed by atoms with E-state index >= 15 is 0 Å². The summed E-state index contributed by atoms with van der Waals surface area (Å²) in [4.78, 5) is 13.5. The normalized spacial score (nSPS) is 12.5. The van der Waals surface area contributed by atoms with Crippen LogP contribution in [0.25, 0.3) is 0 Å². The molecule has 0 bridgehead atoms. The minimum atomic E-state index is -0.424. The number of carbonyl (C=O) groups is 1. The van der Waals surface area contributed by atoms with Crippen molar-refractivity contribution in [1.82, 2.24) is 4.90 Å². The number of carbonyl (C=O) groups excluding carboxylic acids is 1. The predicted octanol–water partition coefficient (Wildman–Crippen LogP) is 1.25. The van der Waals surface area contributed by atoms with Crippen LogP contribution in [0.2, 0.25) is 0 Å². The Morgan fingerprint density at radius 2 is 2.24 bits per heavy atom. The fraction of sp³-hybridized carbons (Fsp3) is 0.462. The number of rotatable bonds is 5. The molecule has 2 N–H and O–H groups in total. The average molecular weight is 236 g/mol. The van der Waals surface area contributed by atoms with Gasteiger partial charge in [-0.25, -0.2) is 0 Å². The van der Waals surface area contributed by atoms with Crippen molar-refractivity contribution < 1.29 is 9.90 Å². The van der Waals surface area contributed by atoms with E-state index < -0.39 is 6.10 Å². The van der Waals surface area contributed by atoms with Crippen molar-refractivity contribution in [2.45, 2.75) is 20.0 Å². The smallest absolute Gasteiger partial charge is 0.238 e. The van der Waals surface area contributed by atoms with Crippen LogP contribution in [0.3, 0.4) is 0 Å². The molecule has 0 fully saturated rings. The van der Waals surface area contributed by atoms with Crippen molar-refractivity contribution in [2.24, 2.45) is 0 Å². The number of anilines is 1. The first kappa shape index (κ1) is 13.7. The maximum Gasteiger partial charge on any atom is 0.238 e. The molecule has 0 saturated heterocycles. The third-order valence-corrected chi connectivity index (χ3v) is 2.29. The van der Waals surface area contributed by atoms with Crippen LogP contribution in [-0.4, -0.2) is 42.2 Å². The van der Waals surface area contributed by atoms with Crippen LogP contribution in [0.1, 0.15) is 12.5 Å². The number of hydrogen-bond donors (Lipinski definition) is 2. The van der Waals surface area contributed by atoms with E-state index in [4.69, 9.17) is 0 Å². The van der Waals surface area contributed by atoms with Gasteiger partial charge >= 0.3 is 0 Å². The topological polar surface area (TPSA) is 52.6 Å². The lowest BCUT2D eigenvalue weighted by atomic mass is 10.2. The summed E-state index contributed by atoms with van der Waals surface area (Å²) in [5.41, 5.74) is 1.92. The molecule has 0 spiro atoms. The summed E-state index contributed by atoms with van der Waals surface area (Å²) in [7, 11) is 1.81. The molecule has 1 unspecified atom stereocenters. The van der Waals surface area contributed by atoms with Crippen molar-refractivity contribution in [3.8, 4) is 0 Å². The van der Waals surface area contributed by atoms with Gasteiger partial charge in [-0.2, -0.15) is 0 Å². The van der Waals surface area contributed by atoms with Crippen molar-refractivity contribution >= 4 is 11.6 Å². The van der Waals surface area contributed by atoms with Crippen molar-refractivity contribution in [2.75, 3.05) is 25.5 Å². The fourth-order valence-electron chi connectivity index (χ4n) is 1.68. The summed E-state index contributed by atoms with van der Waals surface area (Å²) >= 11 is 0. The SMILES string of the molecule is Cc1cccc(NC(=O)CN(C)CC(C)O)c1. The van der Waals surface area contributed by atoms with Crippen LogP contribution in [-0.2, 0) is 4.79 Å². The maximum absolute atomic E-state index is 11.7. The van der Waals surface area contributed by atoms with E-state index in [0.717, 1.165) is 11.3 Å². The number of hydrogen-bond acceptors (Lipinski definition) is 3. The van der Waals surface area contributed by atoms with Gasteiger partial charge in [0.25, 0.3) is 0 Å². The van der Waals surface area contributed by atoms with Gasteiger partial charge < -0.3 is 10.4 Å². The monoisotopic (exact) mass is 236 g/mol. The zero-order valence-electron chi connectivity index (χ0n) is 10.6. The molecule has 94 valence electrons. The molecule has 1 amide bonds. The van der Waals surface area contributed by atoms with Gasteiger partial charge in [-0.05, 0) is 38.6 Å². The minimum absolute atomic E-state index is 0.0706. The molecule has 0 aliphatic carbocycles. The molecule has 0 aliphatic heterocycles. The number of aryl methyl sites for hydroxylation is 1. The summed E-state index contributed by atoms with van der Waals surface area (Å²) in [6.45, 7) is 4.45. The van der Waals surface area contributed by atoms with E-state index in [1.807, 2.05) is 38.2 Å². The van der Waals surface area contributed by atoms with Gasteiger partial charge in [0.05, 0.1) is 12.6 Å². The van der Waals surface area contributed by atoms with E-state index in [1.165, 1.54) is 0 Å². The molecule has 0 saturated carbocycles. The molecule has 0 aromatic heterocycles. The van der Waals surface area contributed by atoms with Crippen LogP contribution in [0.5, 0.6) is 0 Å². The Hall–Kier alpha value is -1.39. The van der Waals surface area contributed by atoms with Crippen molar-refractivity contribution in [3.05, 3.63) is 29.8 Å². The Morgan fingerprint density at radius 1 is 1.53 bits per heavy atom. The number of aliphatic hydroxyl groups is 1. The average Bonchev–Trinajstić information content (AvgIpc) is 2.14. The molecule has 4 nitrogen and oxygen atoms in total. The molecule has 0 aliphatic rings. The molecule has 1 aromatic rings. The van der Waals surface area contributed by atoms with E-state index in [0.29, 0.717) is 6.54 Å². The Morgan fingerprint density at radius 3 is 2.82 bits per heavy atom. The van der Waals surface area contributed by atoms with Gasteiger partial charge in [0.2, 0.25) is 5.91 Å². The van der Waals surface area contributed by atoms with Gasteiger partial charge in [0.1, 0.15) is 0 Å². The highest BCUT2D eigenvalue weighted by Crippen LogP contribution is 2.09. The molecular formula is C13H20N2O2. The van der Waals surface area contributed by atoms with Crippen LogP contribution in [0, 0.1) is 6.92 Å². The Kier molecular flexibility index (Phi) is 5.12. The van der Waals surface area contributed by atoms with E-state index in [-0.39, 0.29) is 12.5 Å². The maximum atomic E-state index is 11.7. The molecule has 1 atom stereocenters. The number of nitrogens with zero attached hydrogens (tertiary/aromatic N) is 1. The highest BCUT2D eigenvalue weighted by atomic mass is 16.3. The quantitative estimate of drug-likeness (QED) is 0.809. The van der Waals surface area contributed by atoms with E-state index in [9.17, 15) is 9.90 Å². The van der Waals surface area contributed by atoms with Crippen molar-refractivity contribution in [1.29, 1.82) is 0 Å². The Labute approximate surface area is 102 Å². The van der Waals surface area contributed by atoms with E-state index in [2.05, 4.69) is 5.32 Å². The van der Waals surface area contributed by atoms with Gasteiger partial charge in [0.15, 0.2) is 0 Å². The second-order valence-electron chi connectivity index (χ2n) is 4.46. The first-order valence-corrected chi connectivity index (χ1v) is 5.70. The van der Waals surface area contributed by atoms with Gasteiger partial charge in [-0.15, -0.1) is 0 Å². The summed E-state index contributed by atoms with van der Waals surface area (Å²) in [5, 5.41) is 12.0. The van der Waals surface area contributed by atoms with Crippen LogP contribution < -0.4 is 5.32 Å². The number of nitrogens with one attached hydrogen (secondary N) is 1. The van der Waals surface area contributed by atoms with Crippen LogP contribution in [0.4, 0.5) is 5.69 Å². The van der Waals surface area contributed by atoms with Gasteiger partial charge in [-0.3, -0.25) is 9.69 Å². The summed E-state index contributed by atoms with van der Waals surface area (Å²) in [6.07, 6.45) is -0.424. The molecule has 0 heterocycles. The fourth-order valence-corrected chi connectivity index (χ4v) is 1.68. The zero-order valence-corrected chi connectivity index (χ0v) is 10.6.